The number of aryl methyl sites for hydroxylation is 1. The Hall–Kier alpha value is -3.74. The number of hydrogen-bond acceptors (Lipinski definition) is 10. The predicted molar refractivity (Wildman–Crippen MR) is 205 cm³/mol. The fourth-order valence-electron chi connectivity index (χ4n) is 9.27. The highest BCUT2D eigenvalue weighted by Gasteiger charge is 2.41. The monoisotopic (exact) mass is 743 g/mol. The number of carbonyl (C=O) groups excluding carboxylic acids is 2. The van der Waals surface area contributed by atoms with E-state index >= 15 is 0 Å². The number of piperidine rings is 1. The first-order valence-corrected chi connectivity index (χ1v) is 20.7. The van der Waals surface area contributed by atoms with Gasteiger partial charge in [0.2, 0.25) is 6.29 Å². The molecule has 1 N–H and O–H groups in total. The summed E-state index contributed by atoms with van der Waals surface area (Å²) < 4.78 is 17.9. The first-order valence-electron chi connectivity index (χ1n) is 20.7. The van der Waals surface area contributed by atoms with Crippen LogP contribution in [-0.2, 0) is 51.7 Å². The topological polar surface area (TPSA) is 118 Å². The zero-order valence-electron chi connectivity index (χ0n) is 32.3. The molecular weight excluding hydrogens is 683 g/mol. The van der Waals surface area contributed by atoms with E-state index in [2.05, 4.69) is 53.9 Å². The first-order chi connectivity index (χ1) is 26.4. The van der Waals surface area contributed by atoms with Crippen LogP contribution >= 0.6 is 0 Å². The number of carbonyl (C=O) groups is 2. The molecule has 4 aliphatic rings. The molecule has 3 aromatic rings. The van der Waals surface area contributed by atoms with Crippen LogP contribution in [0.25, 0.3) is 0 Å². The Morgan fingerprint density at radius 3 is 2.33 bits per heavy atom. The summed E-state index contributed by atoms with van der Waals surface area (Å²) in [4.78, 5) is 45.0. The summed E-state index contributed by atoms with van der Waals surface area (Å²) in [6, 6.07) is 9.96. The van der Waals surface area contributed by atoms with Gasteiger partial charge in [-0.1, -0.05) is 49.9 Å². The molecule has 2 aromatic heterocycles. The zero-order valence-corrected chi connectivity index (χ0v) is 32.3. The number of nitrogens with zero attached hydrogens (tertiary/aromatic N) is 6. The van der Waals surface area contributed by atoms with Gasteiger partial charge in [0.15, 0.2) is 0 Å². The summed E-state index contributed by atoms with van der Waals surface area (Å²) in [6.45, 7) is 9.90. The van der Waals surface area contributed by atoms with E-state index in [1.165, 1.54) is 95.6 Å². The van der Waals surface area contributed by atoms with Crippen LogP contribution in [-0.4, -0.2) is 91.0 Å². The van der Waals surface area contributed by atoms with Gasteiger partial charge in [-0.15, -0.1) is 0 Å². The van der Waals surface area contributed by atoms with Gasteiger partial charge in [-0.2, -0.15) is 0 Å². The third kappa shape index (κ3) is 10.9. The van der Waals surface area contributed by atoms with Gasteiger partial charge >= 0.3 is 12.1 Å². The molecule has 12 nitrogen and oxygen atoms in total. The fraction of sp³-hybridized carbons (Fsp3) is 0.667. The minimum atomic E-state index is -1.02. The first kappa shape index (κ1) is 38.5. The predicted octanol–water partition coefficient (Wildman–Crippen LogP) is 7.19. The number of nitrogens with one attached hydrogen (secondary N) is 1. The molecule has 2 aliphatic carbocycles. The lowest BCUT2D eigenvalue weighted by molar-refractivity contribution is -0.169. The molecule has 4 fully saturated rings. The average Bonchev–Trinajstić information content (AvgIpc) is 3.95. The SMILES string of the molecule is CC(OC(=O)CCn1ccnc1CN(Cc1ccc(CN2CCC3(CCN(C4CCCCC4)CC3)C2)cc1)Cc1ncc[nH]1)OC(=O)OC1CCCCC1. The van der Waals surface area contributed by atoms with Gasteiger partial charge in [0, 0.05) is 63.9 Å². The highest BCUT2D eigenvalue weighted by Crippen LogP contribution is 2.42. The highest BCUT2D eigenvalue weighted by molar-refractivity contribution is 5.69. The summed E-state index contributed by atoms with van der Waals surface area (Å²) in [6.07, 6.45) is 21.6. The number of rotatable bonds is 15. The van der Waals surface area contributed by atoms with Crippen molar-refractivity contribution in [3.63, 3.8) is 0 Å². The van der Waals surface area contributed by atoms with Crippen LogP contribution in [0, 0.1) is 5.41 Å². The Morgan fingerprint density at radius 2 is 1.59 bits per heavy atom. The van der Waals surface area contributed by atoms with Crippen molar-refractivity contribution in [2.24, 2.45) is 5.41 Å². The maximum Gasteiger partial charge on any atom is 0.511 e. The quantitative estimate of drug-likeness (QED) is 0.127. The van der Waals surface area contributed by atoms with Crippen molar-refractivity contribution in [2.75, 3.05) is 26.2 Å². The smallest absolute Gasteiger partial charge is 0.431 e. The van der Waals surface area contributed by atoms with Gasteiger partial charge in [0.05, 0.1) is 19.5 Å². The number of aromatic nitrogens is 4. The van der Waals surface area contributed by atoms with Crippen LogP contribution in [0.5, 0.6) is 0 Å². The molecule has 294 valence electrons. The largest absolute Gasteiger partial charge is 0.511 e. The summed E-state index contributed by atoms with van der Waals surface area (Å²) >= 11 is 0. The number of esters is 1. The second-order valence-corrected chi connectivity index (χ2v) is 16.4. The van der Waals surface area contributed by atoms with Crippen LogP contribution < -0.4 is 0 Å². The van der Waals surface area contributed by atoms with E-state index in [0.29, 0.717) is 25.0 Å². The maximum absolute atomic E-state index is 12.7. The van der Waals surface area contributed by atoms with E-state index in [4.69, 9.17) is 14.2 Å². The summed E-state index contributed by atoms with van der Waals surface area (Å²) in [5.41, 5.74) is 3.12. The molecule has 0 radical (unpaired) electrons. The van der Waals surface area contributed by atoms with E-state index in [1.54, 1.807) is 12.4 Å². The number of benzene rings is 1. The minimum Gasteiger partial charge on any atom is -0.431 e. The van der Waals surface area contributed by atoms with Crippen LogP contribution in [0.4, 0.5) is 4.79 Å². The van der Waals surface area contributed by atoms with E-state index < -0.39 is 18.4 Å². The van der Waals surface area contributed by atoms with E-state index in [0.717, 1.165) is 62.9 Å². The molecule has 1 atom stereocenters. The van der Waals surface area contributed by atoms with Crippen molar-refractivity contribution in [3.05, 3.63) is 71.8 Å². The van der Waals surface area contributed by atoms with Gasteiger partial charge in [0.25, 0.3) is 0 Å². The Bertz CT molecular complexity index is 1590. The van der Waals surface area contributed by atoms with Crippen molar-refractivity contribution in [1.82, 2.24) is 34.2 Å². The fourth-order valence-corrected chi connectivity index (χ4v) is 9.27. The van der Waals surface area contributed by atoms with E-state index in [-0.39, 0.29) is 12.5 Å². The van der Waals surface area contributed by atoms with Gasteiger partial charge in [-0.25, -0.2) is 14.8 Å². The number of ether oxygens (including phenoxy) is 3. The lowest BCUT2D eigenvalue weighted by Gasteiger charge is -2.43. The van der Waals surface area contributed by atoms with Crippen LogP contribution in [0.15, 0.2) is 49.1 Å². The molecule has 12 heteroatoms. The molecule has 1 unspecified atom stereocenters. The molecule has 2 saturated heterocycles. The van der Waals surface area contributed by atoms with Crippen LogP contribution in [0.2, 0.25) is 0 Å². The molecule has 1 spiro atoms. The second kappa shape index (κ2) is 18.7. The molecule has 0 bridgehead atoms. The molecular formula is C42H61N7O5. The van der Waals surface area contributed by atoms with Crippen molar-refractivity contribution >= 4 is 12.1 Å². The van der Waals surface area contributed by atoms with Crippen molar-refractivity contribution in [3.8, 4) is 0 Å². The third-order valence-corrected chi connectivity index (χ3v) is 12.3. The Kier molecular flexibility index (Phi) is 13.4. The average molecular weight is 744 g/mol. The Balaban J connectivity index is 0.876. The molecule has 7 rings (SSSR count). The molecule has 4 heterocycles. The van der Waals surface area contributed by atoms with Crippen LogP contribution in [0.3, 0.4) is 0 Å². The lowest BCUT2D eigenvalue weighted by Crippen LogP contribution is -2.46. The van der Waals surface area contributed by atoms with Gasteiger partial charge < -0.3 is 28.7 Å². The molecule has 0 amide bonds. The minimum absolute atomic E-state index is 0.116. The van der Waals surface area contributed by atoms with Crippen LogP contribution in [0.1, 0.15) is 120 Å². The maximum atomic E-state index is 12.7. The second-order valence-electron chi connectivity index (χ2n) is 16.4. The Labute approximate surface area is 320 Å². The van der Waals surface area contributed by atoms with E-state index in [1.807, 2.05) is 17.0 Å². The lowest BCUT2D eigenvalue weighted by atomic mass is 9.77. The Morgan fingerprint density at radius 1 is 0.870 bits per heavy atom. The zero-order chi connectivity index (χ0) is 37.2. The number of likely N-dealkylation sites (tertiary alicyclic amines) is 2. The number of imidazole rings is 2. The summed E-state index contributed by atoms with van der Waals surface area (Å²) in [5.74, 6) is 1.28. The molecule has 2 saturated carbocycles. The molecule has 1 aromatic carbocycles. The van der Waals surface area contributed by atoms with Gasteiger partial charge in [-0.3, -0.25) is 14.6 Å². The van der Waals surface area contributed by atoms with Gasteiger partial charge in [-0.05, 0) is 94.0 Å². The van der Waals surface area contributed by atoms with Crippen molar-refractivity contribution < 1.29 is 23.8 Å². The molecule has 2 aliphatic heterocycles. The normalized spacial score (nSPS) is 20.7. The van der Waals surface area contributed by atoms with E-state index in [9.17, 15) is 9.59 Å². The van der Waals surface area contributed by atoms with Gasteiger partial charge in [0.1, 0.15) is 17.8 Å². The van der Waals surface area contributed by atoms with Crippen molar-refractivity contribution in [1.29, 1.82) is 0 Å². The summed E-state index contributed by atoms with van der Waals surface area (Å²) in [7, 11) is 0. The highest BCUT2D eigenvalue weighted by atomic mass is 16.8. The summed E-state index contributed by atoms with van der Waals surface area (Å²) in [5, 5.41) is 0. The standard InChI is InChI=1S/C42H61N7O5/c1-33(53-41(51)54-37-10-6-3-7-11-37)52-40(50)16-23-49-27-22-45-39(49)31-47(30-38-43-20-21-44-38)29-35-14-12-34(13-15-35)28-46-24-17-42(32-46)18-25-48(26-19-42)36-8-4-2-5-9-36/h12-15,20-22,27,33,36-37H,2-11,16-19,23-26,28-32H2,1H3,(H,43,44). The molecule has 54 heavy (non-hydrogen) atoms. The number of hydrogen-bond donors (Lipinski definition) is 1. The number of aromatic amines is 1. The third-order valence-electron chi connectivity index (χ3n) is 12.3. The number of H-pyrrole nitrogens is 1. The van der Waals surface area contributed by atoms with Crippen molar-refractivity contribution in [2.45, 2.75) is 148 Å².